The third-order valence-electron chi connectivity index (χ3n) is 3.68. The Kier molecular flexibility index (Phi) is 4.79. The highest BCUT2D eigenvalue weighted by Crippen LogP contribution is 2.23. The van der Waals surface area contributed by atoms with Crippen LogP contribution >= 0.6 is 11.6 Å². The van der Waals surface area contributed by atoms with Gasteiger partial charge in [0.1, 0.15) is 6.10 Å². The molecule has 1 aliphatic rings. The maximum atomic E-state index is 12.6. The second-order valence-electron chi connectivity index (χ2n) is 5.22. The van der Waals surface area contributed by atoms with Crippen LogP contribution in [0.2, 0.25) is 5.02 Å². The second-order valence-corrected chi connectivity index (χ2v) is 7.59. The number of ether oxygens (including phenoxy) is 1. The molecule has 2 heterocycles. The molecule has 1 aromatic carbocycles. The Labute approximate surface area is 140 Å². The predicted octanol–water partition coefficient (Wildman–Crippen LogP) is 2.36. The highest BCUT2D eigenvalue weighted by atomic mass is 35.5. The fraction of sp³-hybridized carbons (Fsp3) is 0.333. The van der Waals surface area contributed by atoms with E-state index in [0.29, 0.717) is 36.8 Å². The van der Waals surface area contributed by atoms with Gasteiger partial charge in [-0.2, -0.15) is 4.31 Å². The van der Waals surface area contributed by atoms with Crippen molar-refractivity contribution in [3.05, 3.63) is 47.9 Å². The molecule has 1 aromatic heterocycles. The van der Waals surface area contributed by atoms with Crippen LogP contribution in [0.25, 0.3) is 0 Å². The highest BCUT2D eigenvalue weighted by molar-refractivity contribution is 7.89. The Hall–Kier alpha value is -1.70. The first-order valence-corrected chi connectivity index (χ1v) is 9.06. The fourth-order valence-corrected chi connectivity index (χ4v) is 4.06. The molecule has 6 nitrogen and oxygen atoms in total. The Morgan fingerprint density at radius 1 is 1.13 bits per heavy atom. The van der Waals surface area contributed by atoms with Crippen molar-refractivity contribution in [2.45, 2.75) is 23.8 Å². The molecular formula is C15H16ClN3O3S. The number of rotatable bonds is 4. The van der Waals surface area contributed by atoms with Gasteiger partial charge >= 0.3 is 0 Å². The van der Waals surface area contributed by atoms with Crippen molar-refractivity contribution >= 4 is 21.6 Å². The summed E-state index contributed by atoms with van der Waals surface area (Å²) in [6.45, 7) is 0.825. The van der Waals surface area contributed by atoms with Crippen LogP contribution in [-0.4, -0.2) is 41.9 Å². The maximum Gasteiger partial charge on any atom is 0.243 e. The molecule has 0 radical (unpaired) electrons. The van der Waals surface area contributed by atoms with Gasteiger partial charge < -0.3 is 4.74 Å². The van der Waals surface area contributed by atoms with Gasteiger partial charge in [-0.15, -0.1) is 0 Å². The molecule has 0 amide bonds. The lowest BCUT2D eigenvalue weighted by Crippen LogP contribution is -2.41. The number of hydrogen-bond donors (Lipinski definition) is 0. The Morgan fingerprint density at radius 3 is 2.43 bits per heavy atom. The number of halogens is 1. The van der Waals surface area contributed by atoms with E-state index in [1.807, 2.05) is 0 Å². The minimum absolute atomic E-state index is 0.0524. The minimum Gasteiger partial charge on any atom is -0.473 e. The lowest BCUT2D eigenvalue weighted by molar-refractivity contribution is 0.129. The molecule has 0 atom stereocenters. The quantitative estimate of drug-likeness (QED) is 0.843. The third kappa shape index (κ3) is 3.80. The van der Waals surface area contributed by atoms with Crippen molar-refractivity contribution in [3.63, 3.8) is 0 Å². The number of hydrogen-bond acceptors (Lipinski definition) is 5. The molecule has 1 aliphatic heterocycles. The van der Waals surface area contributed by atoms with E-state index in [0.717, 1.165) is 0 Å². The number of benzene rings is 1. The molecule has 1 saturated heterocycles. The Balaban J connectivity index is 1.63. The lowest BCUT2D eigenvalue weighted by atomic mass is 10.1. The monoisotopic (exact) mass is 353 g/mol. The van der Waals surface area contributed by atoms with Crippen LogP contribution in [0.3, 0.4) is 0 Å². The van der Waals surface area contributed by atoms with Gasteiger partial charge in [0.25, 0.3) is 0 Å². The van der Waals surface area contributed by atoms with Crippen LogP contribution in [-0.2, 0) is 10.0 Å². The minimum atomic E-state index is -3.48. The van der Waals surface area contributed by atoms with Gasteiger partial charge in [-0.1, -0.05) is 11.6 Å². The smallest absolute Gasteiger partial charge is 0.243 e. The van der Waals surface area contributed by atoms with Crippen LogP contribution in [0, 0.1) is 0 Å². The maximum absolute atomic E-state index is 12.6. The summed E-state index contributed by atoms with van der Waals surface area (Å²) in [4.78, 5) is 8.27. The molecule has 122 valence electrons. The molecule has 0 unspecified atom stereocenters. The van der Waals surface area contributed by atoms with E-state index in [1.54, 1.807) is 30.7 Å². The summed E-state index contributed by atoms with van der Waals surface area (Å²) >= 11 is 5.81. The van der Waals surface area contributed by atoms with E-state index < -0.39 is 10.0 Å². The highest BCUT2D eigenvalue weighted by Gasteiger charge is 2.30. The Morgan fingerprint density at radius 2 is 1.83 bits per heavy atom. The van der Waals surface area contributed by atoms with E-state index in [-0.39, 0.29) is 11.0 Å². The largest absolute Gasteiger partial charge is 0.473 e. The van der Waals surface area contributed by atoms with E-state index >= 15 is 0 Å². The van der Waals surface area contributed by atoms with Gasteiger partial charge in [0.15, 0.2) is 0 Å². The van der Waals surface area contributed by atoms with Crippen LogP contribution < -0.4 is 4.74 Å². The summed E-state index contributed by atoms with van der Waals surface area (Å²) in [6.07, 6.45) is 5.87. The first kappa shape index (κ1) is 16.2. The number of nitrogens with zero attached hydrogens (tertiary/aromatic N) is 3. The number of aromatic nitrogens is 2. The zero-order chi connectivity index (χ0) is 16.3. The van der Waals surface area contributed by atoms with Gasteiger partial charge in [-0.25, -0.2) is 13.4 Å². The number of piperidine rings is 1. The fourth-order valence-electron chi connectivity index (χ4n) is 2.46. The van der Waals surface area contributed by atoms with Gasteiger partial charge in [0, 0.05) is 30.5 Å². The zero-order valence-electron chi connectivity index (χ0n) is 12.3. The van der Waals surface area contributed by atoms with Gasteiger partial charge in [0.2, 0.25) is 15.9 Å². The van der Waals surface area contributed by atoms with Crippen LogP contribution in [0.15, 0.2) is 47.8 Å². The molecule has 0 N–H and O–H groups in total. The second kappa shape index (κ2) is 6.82. The molecule has 1 fully saturated rings. The zero-order valence-corrected chi connectivity index (χ0v) is 13.9. The molecular weight excluding hydrogens is 338 g/mol. The van der Waals surface area contributed by atoms with Crippen molar-refractivity contribution < 1.29 is 13.2 Å². The molecule has 0 spiro atoms. The van der Waals surface area contributed by atoms with E-state index in [9.17, 15) is 8.42 Å². The number of sulfonamides is 1. The molecule has 2 aromatic rings. The van der Waals surface area contributed by atoms with Gasteiger partial charge in [0.05, 0.1) is 11.1 Å². The SMILES string of the molecule is O=S(=O)(c1ccc(Cl)cc1)N1CCC(Oc2cnccn2)CC1. The first-order chi connectivity index (χ1) is 11.1. The molecule has 0 bridgehead atoms. The lowest BCUT2D eigenvalue weighted by Gasteiger charge is -2.31. The van der Waals surface area contributed by atoms with Crippen molar-refractivity contribution in [2.75, 3.05) is 13.1 Å². The van der Waals surface area contributed by atoms with Crippen molar-refractivity contribution in [2.24, 2.45) is 0 Å². The molecule has 8 heteroatoms. The summed E-state index contributed by atoms with van der Waals surface area (Å²) in [5, 5.41) is 0.514. The van der Waals surface area contributed by atoms with Crippen molar-refractivity contribution in [1.82, 2.24) is 14.3 Å². The third-order valence-corrected chi connectivity index (χ3v) is 5.84. The van der Waals surface area contributed by atoms with E-state index in [1.165, 1.54) is 16.4 Å². The topological polar surface area (TPSA) is 72.4 Å². The molecule has 0 saturated carbocycles. The normalized spacial score (nSPS) is 17.1. The molecule has 0 aliphatic carbocycles. The van der Waals surface area contributed by atoms with E-state index in [2.05, 4.69) is 9.97 Å². The van der Waals surface area contributed by atoms with Crippen LogP contribution in [0.4, 0.5) is 0 Å². The van der Waals surface area contributed by atoms with Crippen LogP contribution in [0.1, 0.15) is 12.8 Å². The van der Waals surface area contributed by atoms with Gasteiger partial charge in [-0.05, 0) is 37.1 Å². The summed E-state index contributed by atoms with van der Waals surface area (Å²) in [7, 11) is -3.48. The standard InChI is InChI=1S/C15H16ClN3O3S/c16-12-1-3-14(4-2-12)23(20,21)19-9-5-13(6-10-19)22-15-11-17-7-8-18-15/h1-4,7-8,11,13H,5-6,9-10H2. The molecule has 3 rings (SSSR count). The average molecular weight is 354 g/mol. The van der Waals surface area contributed by atoms with Crippen molar-refractivity contribution in [1.29, 1.82) is 0 Å². The summed E-state index contributed by atoms with van der Waals surface area (Å²) < 4.78 is 32.4. The van der Waals surface area contributed by atoms with E-state index in [4.69, 9.17) is 16.3 Å². The summed E-state index contributed by atoms with van der Waals surface area (Å²) in [6, 6.07) is 6.22. The molecule has 23 heavy (non-hydrogen) atoms. The average Bonchev–Trinajstić information content (AvgIpc) is 2.57. The van der Waals surface area contributed by atoms with Crippen molar-refractivity contribution in [3.8, 4) is 5.88 Å². The summed E-state index contributed by atoms with van der Waals surface area (Å²) in [5.74, 6) is 0.464. The van der Waals surface area contributed by atoms with Gasteiger partial charge in [-0.3, -0.25) is 4.98 Å². The van der Waals surface area contributed by atoms with Crippen LogP contribution in [0.5, 0.6) is 5.88 Å². The first-order valence-electron chi connectivity index (χ1n) is 7.24. The predicted molar refractivity (Wildman–Crippen MR) is 85.9 cm³/mol. The Bertz CT molecular complexity index is 745. The summed E-state index contributed by atoms with van der Waals surface area (Å²) in [5.41, 5.74) is 0.